The molecule has 1 spiro atoms. The molecule has 5 heteroatoms. The Bertz CT molecular complexity index is 578. The molecule has 5 nitrogen and oxygen atoms in total. The lowest BCUT2D eigenvalue weighted by Gasteiger charge is -2.61. The number of fused-ring (bicyclic) bond motifs is 2. The van der Waals surface area contributed by atoms with E-state index in [0.717, 1.165) is 32.1 Å². The third-order valence-corrected chi connectivity index (χ3v) is 7.96. The number of ether oxygens (including phenoxy) is 2. The summed E-state index contributed by atoms with van der Waals surface area (Å²) in [6.45, 7) is 6.53. The fourth-order valence-corrected chi connectivity index (χ4v) is 6.58. The summed E-state index contributed by atoms with van der Waals surface area (Å²) in [4.78, 5) is 24.4. The van der Waals surface area contributed by atoms with Gasteiger partial charge in [0, 0.05) is 24.7 Å². The van der Waals surface area contributed by atoms with Crippen LogP contribution >= 0.6 is 0 Å². The Morgan fingerprint density at radius 3 is 2.64 bits per heavy atom. The van der Waals surface area contributed by atoms with Crippen molar-refractivity contribution in [3.63, 3.8) is 0 Å². The van der Waals surface area contributed by atoms with Crippen molar-refractivity contribution in [2.24, 2.45) is 29.6 Å². The van der Waals surface area contributed by atoms with E-state index in [1.807, 2.05) is 6.92 Å². The van der Waals surface area contributed by atoms with Crippen molar-refractivity contribution >= 4 is 5.78 Å². The van der Waals surface area contributed by atoms with Gasteiger partial charge in [-0.25, -0.2) is 9.78 Å². The van der Waals surface area contributed by atoms with Gasteiger partial charge in [-0.3, -0.25) is 4.79 Å². The molecule has 1 unspecified atom stereocenters. The van der Waals surface area contributed by atoms with Crippen LogP contribution in [-0.4, -0.2) is 29.6 Å². The monoisotopic (exact) mass is 350 g/mol. The molecule has 4 saturated heterocycles. The highest BCUT2D eigenvalue weighted by Crippen LogP contribution is 2.61. The summed E-state index contributed by atoms with van der Waals surface area (Å²) in [5.74, 6) is 1.25. The van der Waals surface area contributed by atoms with Crippen LogP contribution in [0.1, 0.15) is 65.7 Å². The molecule has 9 atom stereocenters. The molecule has 6 fully saturated rings. The highest BCUT2D eigenvalue weighted by Gasteiger charge is 2.69. The smallest absolute Gasteiger partial charge is 0.201 e. The van der Waals surface area contributed by atoms with Gasteiger partial charge in [-0.2, -0.15) is 0 Å². The molecule has 4 aliphatic heterocycles. The summed E-state index contributed by atoms with van der Waals surface area (Å²) < 4.78 is 12.9. The quantitative estimate of drug-likeness (QED) is 0.676. The fraction of sp³-hybridized carbons (Fsp3) is 0.950. The number of hydrogen-bond donors (Lipinski definition) is 0. The number of rotatable bonds is 1. The highest BCUT2D eigenvalue weighted by molar-refractivity contribution is 5.83. The lowest BCUT2D eigenvalue weighted by molar-refractivity contribution is -0.571. The summed E-state index contributed by atoms with van der Waals surface area (Å²) in [5, 5.41) is 0. The van der Waals surface area contributed by atoms with Crippen LogP contribution in [0, 0.1) is 29.6 Å². The molecule has 2 bridgehead atoms. The molecule has 140 valence electrons. The van der Waals surface area contributed by atoms with Gasteiger partial charge in [-0.1, -0.05) is 13.8 Å². The van der Waals surface area contributed by atoms with Gasteiger partial charge in [-0.05, 0) is 56.8 Å². The van der Waals surface area contributed by atoms with Gasteiger partial charge >= 0.3 is 0 Å². The zero-order chi connectivity index (χ0) is 17.4. The standard InChI is InChI=1S/C20H30O5/c1-11-7-8-15-12(2)17(13-5-4-6-16(13)21)22-18-20(15)14(11)9-10-19(3,23-18)24-25-20/h11-15,17-18H,4-10H2,1-3H3/t11-,12-,13?,14+,15+,17+,18-,19+,20-/m1/s1. The minimum Gasteiger partial charge on any atom is -0.345 e. The van der Waals surface area contributed by atoms with Crippen LogP contribution in [0.2, 0.25) is 0 Å². The van der Waals surface area contributed by atoms with Gasteiger partial charge in [0.15, 0.2) is 11.9 Å². The van der Waals surface area contributed by atoms with E-state index < -0.39 is 17.7 Å². The summed E-state index contributed by atoms with van der Waals surface area (Å²) >= 11 is 0. The number of carbonyl (C=O) groups excluding carboxylic acids is 1. The summed E-state index contributed by atoms with van der Waals surface area (Å²) in [6, 6.07) is 0. The zero-order valence-electron chi connectivity index (χ0n) is 15.5. The van der Waals surface area contributed by atoms with Gasteiger partial charge < -0.3 is 9.47 Å². The van der Waals surface area contributed by atoms with Crippen molar-refractivity contribution in [1.29, 1.82) is 0 Å². The average molecular weight is 350 g/mol. The molecule has 25 heavy (non-hydrogen) atoms. The van der Waals surface area contributed by atoms with Crippen LogP contribution in [0.5, 0.6) is 0 Å². The molecule has 0 aromatic heterocycles. The minimum absolute atomic E-state index is 0.0317. The second-order valence-corrected chi connectivity index (χ2v) is 9.33. The maximum atomic E-state index is 12.4. The molecule has 2 saturated carbocycles. The van der Waals surface area contributed by atoms with Gasteiger partial charge in [0.2, 0.25) is 5.79 Å². The number of Topliss-reactive ketones (excluding diaryl/α,β-unsaturated/α-hetero) is 1. The van der Waals surface area contributed by atoms with Gasteiger partial charge in [0.25, 0.3) is 0 Å². The SMILES string of the molecule is C[C@H]1[C@@H](C2CCCC2=O)O[C@@H]2O[C@]3(C)CC[C@H]4[C@H](C)CC[C@@H]1[C@@]24OO3. The summed E-state index contributed by atoms with van der Waals surface area (Å²) in [5.41, 5.74) is -0.509. The molecule has 0 amide bonds. The first-order chi connectivity index (χ1) is 11.9. The van der Waals surface area contributed by atoms with E-state index in [2.05, 4.69) is 13.8 Å². The topological polar surface area (TPSA) is 54.0 Å². The first kappa shape index (κ1) is 16.7. The van der Waals surface area contributed by atoms with Gasteiger partial charge in [0.1, 0.15) is 5.78 Å². The molecule has 6 rings (SSSR count). The molecule has 6 aliphatic rings. The molecule has 0 aromatic rings. The van der Waals surface area contributed by atoms with E-state index in [1.54, 1.807) is 0 Å². The molecule has 4 heterocycles. The number of carbonyl (C=O) groups is 1. The number of ketones is 1. The van der Waals surface area contributed by atoms with E-state index >= 15 is 0 Å². The molecular formula is C20H30O5. The van der Waals surface area contributed by atoms with Crippen LogP contribution in [0.15, 0.2) is 0 Å². The Balaban J connectivity index is 1.55. The fourth-order valence-electron chi connectivity index (χ4n) is 6.58. The highest BCUT2D eigenvalue weighted by atomic mass is 17.3. The van der Waals surface area contributed by atoms with E-state index in [4.69, 9.17) is 19.2 Å². The third kappa shape index (κ3) is 2.19. The number of hydrogen-bond acceptors (Lipinski definition) is 5. The maximum Gasteiger partial charge on any atom is 0.201 e. The predicted molar refractivity (Wildman–Crippen MR) is 89.2 cm³/mol. The second kappa shape index (κ2) is 5.51. The van der Waals surface area contributed by atoms with Crippen molar-refractivity contribution in [3.8, 4) is 0 Å². The van der Waals surface area contributed by atoms with Crippen LogP contribution in [0.25, 0.3) is 0 Å². The molecule has 0 N–H and O–H groups in total. The van der Waals surface area contributed by atoms with Gasteiger partial charge in [0.05, 0.1) is 6.10 Å². The average Bonchev–Trinajstić information content (AvgIpc) is 2.87. The Morgan fingerprint density at radius 2 is 1.88 bits per heavy atom. The first-order valence-corrected chi connectivity index (χ1v) is 10.2. The predicted octanol–water partition coefficient (Wildman–Crippen LogP) is 3.61. The second-order valence-electron chi connectivity index (χ2n) is 9.33. The van der Waals surface area contributed by atoms with Crippen LogP contribution in [0.3, 0.4) is 0 Å². The van der Waals surface area contributed by atoms with E-state index in [9.17, 15) is 4.79 Å². The lowest BCUT2D eigenvalue weighted by atomic mass is 9.56. The zero-order valence-corrected chi connectivity index (χ0v) is 15.5. The van der Waals surface area contributed by atoms with Crippen molar-refractivity contribution in [2.75, 3.05) is 0 Å². The molecular weight excluding hydrogens is 320 g/mol. The van der Waals surface area contributed by atoms with E-state index in [1.165, 1.54) is 6.42 Å². The minimum atomic E-state index is -0.734. The van der Waals surface area contributed by atoms with Crippen LogP contribution in [0.4, 0.5) is 0 Å². The van der Waals surface area contributed by atoms with Crippen molar-refractivity contribution < 1.29 is 24.0 Å². The first-order valence-electron chi connectivity index (χ1n) is 10.2. The lowest BCUT2D eigenvalue weighted by Crippen LogP contribution is -2.71. The van der Waals surface area contributed by atoms with Crippen LogP contribution < -0.4 is 0 Å². The molecule has 0 aromatic carbocycles. The normalized spacial score (nSPS) is 58.0. The molecule has 2 aliphatic carbocycles. The summed E-state index contributed by atoms with van der Waals surface area (Å²) in [7, 11) is 0. The van der Waals surface area contributed by atoms with E-state index in [-0.39, 0.29) is 17.9 Å². The molecule has 0 radical (unpaired) electrons. The Hall–Kier alpha value is -0.490. The van der Waals surface area contributed by atoms with E-state index in [0.29, 0.717) is 30.0 Å². The largest absolute Gasteiger partial charge is 0.345 e. The van der Waals surface area contributed by atoms with Crippen molar-refractivity contribution in [1.82, 2.24) is 0 Å². The summed E-state index contributed by atoms with van der Waals surface area (Å²) in [6.07, 6.45) is 6.38. The third-order valence-electron chi connectivity index (χ3n) is 7.96. The van der Waals surface area contributed by atoms with Crippen LogP contribution in [-0.2, 0) is 24.0 Å². The Morgan fingerprint density at radius 1 is 1.04 bits per heavy atom. The van der Waals surface area contributed by atoms with Gasteiger partial charge in [-0.15, -0.1) is 0 Å². The Labute approximate surface area is 149 Å². The maximum absolute atomic E-state index is 12.4. The van der Waals surface area contributed by atoms with Crippen molar-refractivity contribution in [3.05, 3.63) is 0 Å². The Kier molecular flexibility index (Phi) is 3.67. The van der Waals surface area contributed by atoms with Crippen molar-refractivity contribution in [2.45, 2.75) is 89.5 Å².